The lowest BCUT2D eigenvalue weighted by molar-refractivity contribution is 0.562. The van der Waals surface area contributed by atoms with Gasteiger partial charge in [-0.15, -0.1) is 46.7 Å². The molecule has 0 aliphatic carbocycles. The molecule has 0 saturated heterocycles. The molecule has 0 aliphatic heterocycles. The lowest BCUT2D eigenvalue weighted by Gasteiger charge is -2.15. The Hall–Kier alpha value is -1.45. The smallest absolute Gasteiger partial charge is 0.191 e. The highest BCUT2D eigenvalue weighted by molar-refractivity contribution is 14.0. The van der Waals surface area contributed by atoms with Gasteiger partial charge in [-0.05, 0) is 23.8 Å². The van der Waals surface area contributed by atoms with Crippen LogP contribution >= 0.6 is 46.7 Å². The molecule has 7 heteroatoms. The number of benzene rings is 1. The average Bonchev–Trinajstić information content (AvgIpc) is 3.34. The van der Waals surface area contributed by atoms with Gasteiger partial charge in [0, 0.05) is 29.4 Å². The van der Waals surface area contributed by atoms with Crippen LogP contribution in [0.5, 0.6) is 0 Å². The number of halogens is 1. The highest BCUT2D eigenvalue weighted by atomic mass is 127. The fourth-order valence-electron chi connectivity index (χ4n) is 2.61. The first-order valence-electron chi connectivity index (χ1n) is 8.71. The molecule has 0 amide bonds. The number of aromatic nitrogens is 1. The molecule has 0 aliphatic rings. The zero-order valence-corrected chi connectivity index (χ0v) is 19.5. The number of rotatable bonds is 7. The number of guanidine groups is 1. The molecule has 0 bridgehead atoms. The minimum atomic E-state index is 0. The first kappa shape index (κ1) is 21.8. The zero-order valence-electron chi connectivity index (χ0n) is 15.5. The Morgan fingerprint density at radius 1 is 1.11 bits per heavy atom. The highest BCUT2D eigenvalue weighted by Crippen LogP contribution is 2.23. The summed E-state index contributed by atoms with van der Waals surface area (Å²) in [6.45, 7) is 3.82. The maximum absolute atomic E-state index is 4.71. The Bertz CT molecular complexity index is 816. The molecule has 1 aromatic carbocycles. The van der Waals surface area contributed by atoms with E-state index in [4.69, 9.17) is 4.98 Å². The average molecular weight is 512 g/mol. The van der Waals surface area contributed by atoms with Crippen molar-refractivity contribution in [2.24, 2.45) is 10.9 Å². The Morgan fingerprint density at radius 3 is 2.63 bits per heavy atom. The van der Waals surface area contributed by atoms with Crippen molar-refractivity contribution >= 4 is 52.6 Å². The molecule has 0 saturated carbocycles. The number of nitrogens with one attached hydrogen (secondary N) is 2. The quantitative estimate of drug-likeness (QED) is 0.265. The summed E-state index contributed by atoms with van der Waals surface area (Å²) in [4.78, 5) is 10.4. The van der Waals surface area contributed by atoms with Gasteiger partial charge in [0.05, 0.1) is 12.2 Å². The van der Waals surface area contributed by atoms with E-state index in [0.717, 1.165) is 35.2 Å². The summed E-state index contributed by atoms with van der Waals surface area (Å²) in [7, 11) is 1.80. The molecule has 2 N–H and O–H groups in total. The van der Waals surface area contributed by atoms with Crippen molar-refractivity contribution < 1.29 is 0 Å². The molecule has 4 nitrogen and oxygen atoms in total. The van der Waals surface area contributed by atoms with Crippen LogP contribution in [0.15, 0.2) is 58.2 Å². The summed E-state index contributed by atoms with van der Waals surface area (Å²) < 4.78 is 0. The third-order valence-corrected chi connectivity index (χ3v) is 5.82. The van der Waals surface area contributed by atoms with Gasteiger partial charge in [-0.2, -0.15) is 0 Å². The molecule has 3 rings (SSSR count). The first-order valence-corrected chi connectivity index (χ1v) is 10.5. The molecule has 0 radical (unpaired) electrons. The molecule has 2 heterocycles. The first-order chi connectivity index (χ1) is 12.7. The zero-order chi connectivity index (χ0) is 18.2. The minimum absolute atomic E-state index is 0. The van der Waals surface area contributed by atoms with Crippen LogP contribution < -0.4 is 10.6 Å². The van der Waals surface area contributed by atoms with E-state index in [-0.39, 0.29) is 24.0 Å². The summed E-state index contributed by atoms with van der Waals surface area (Å²) in [5.41, 5.74) is 2.19. The van der Waals surface area contributed by atoms with Crippen LogP contribution in [0.4, 0.5) is 0 Å². The van der Waals surface area contributed by atoms with Crippen LogP contribution in [-0.4, -0.2) is 24.5 Å². The van der Waals surface area contributed by atoms with Crippen molar-refractivity contribution in [3.63, 3.8) is 0 Å². The predicted octanol–water partition coefficient (Wildman–Crippen LogP) is 5.03. The molecule has 0 fully saturated rings. The highest BCUT2D eigenvalue weighted by Gasteiger charge is 2.08. The number of aliphatic imine (C=N–C) groups is 1. The van der Waals surface area contributed by atoms with Crippen molar-refractivity contribution in [1.29, 1.82) is 0 Å². The van der Waals surface area contributed by atoms with E-state index < -0.39 is 0 Å². The van der Waals surface area contributed by atoms with Crippen LogP contribution in [0.3, 0.4) is 0 Å². The molecule has 27 heavy (non-hydrogen) atoms. The normalized spacial score (nSPS) is 12.3. The van der Waals surface area contributed by atoms with E-state index in [1.165, 1.54) is 4.88 Å². The minimum Gasteiger partial charge on any atom is -0.356 e. The van der Waals surface area contributed by atoms with Gasteiger partial charge in [-0.3, -0.25) is 4.99 Å². The summed E-state index contributed by atoms with van der Waals surface area (Å²) >= 11 is 3.49. The van der Waals surface area contributed by atoms with Gasteiger partial charge in [0.25, 0.3) is 0 Å². The predicted molar refractivity (Wildman–Crippen MR) is 128 cm³/mol. The largest absolute Gasteiger partial charge is 0.356 e. The summed E-state index contributed by atoms with van der Waals surface area (Å²) in [6.07, 6.45) is 1.09. The van der Waals surface area contributed by atoms with E-state index in [9.17, 15) is 0 Å². The molecular weight excluding hydrogens is 487 g/mol. The molecular formula is C20H25IN4S2. The topological polar surface area (TPSA) is 49.3 Å². The van der Waals surface area contributed by atoms with E-state index >= 15 is 0 Å². The van der Waals surface area contributed by atoms with Crippen LogP contribution in [0, 0.1) is 5.92 Å². The van der Waals surface area contributed by atoms with Crippen molar-refractivity contribution in [3.8, 4) is 10.6 Å². The number of hydrogen-bond acceptors (Lipinski definition) is 4. The van der Waals surface area contributed by atoms with E-state index in [2.05, 4.69) is 57.6 Å². The van der Waals surface area contributed by atoms with E-state index in [1.54, 1.807) is 18.4 Å². The van der Waals surface area contributed by atoms with Gasteiger partial charge in [0.15, 0.2) is 5.96 Å². The van der Waals surface area contributed by atoms with E-state index in [1.807, 2.05) is 29.5 Å². The number of hydrogen-bond donors (Lipinski definition) is 2. The Morgan fingerprint density at radius 2 is 1.93 bits per heavy atom. The Balaban J connectivity index is 0.00000261. The second kappa shape index (κ2) is 11.4. The van der Waals surface area contributed by atoms with Gasteiger partial charge in [0.1, 0.15) is 5.01 Å². The van der Waals surface area contributed by atoms with Crippen molar-refractivity contribution in [1.82, 2.24) is 15.6 Å². The van der Waals surface area contributed by atoms with Crippen molar-refractivity contribution in [2.75, 3.05) is 13.6 Å². The number of thiazole rings is 1. The molecule has 1 unspecified atom stereocenters. The SMILES string of the molecule is CN=C(NCc1csc(-c2ccccc2)n1)NCC(C)Cc1cccs1.I. The third kappa shape index (κ3) is 6.90. The fraction of sp³-hybridized carbons (Fsp3) is 0.300. The van der Waals surface area contributed by atoms with Crippen LogP contribution in [-0.2, 0) is 13.0 Å². The van der Waals surface area contributed by atoms with Gasteiger partial charge < -0.3 is 10.6 Å². The van der Waals surface area contributed by atoms with Crippen molar-refractivity contribution in [2.45, 2.75) is 19.9 Å². The van der Waals surface area contributed by atoms with Gasteiger partial charge >= 0.3 is 0 Å². The second-order valence-electron chi connectivity index (χ2n) is 6.21. The third-order valence-electron chi connectivity index (χ3n) is 3.98. The molecule has 144 valence electrons. The van der Waals surface area contributed by atoms with Gasteiger partial charge in [0.2, 0.25) is 0 Å². The lowest BCUT2D eigenvalue weighted by Crippen LogP contribution is -2.39. The van der Waals surface area contributed by atoms with Crippen LogP contribution in [0.2, 0.25) is 0 Å². The van der Waals surface area contributed by atoms with E-state index in [0.29, 0.717) is 12.5 Å². The standard InChI is InChI=1S/C20H24N4S2.HI/c1-15(11-18-9-6-10-25-18)12-22-20(21-2)23-13-17-14-26-19(24-17)16-7-4-3-5-8-16;/h3-10,14-15H,11-13H2,1-2H3,(H2,21,22,23);1H. The molecule has 0 spiro atoms. The second-order valence-corrected chi connectivity index (χ2v) is 8.10. The maximum atomic E-state index is 4.71. The molecule has 1 atom stereocenters. The van der Waals surface area contributed by atoms with Crippen LogP contribution in [0.1, 0.15) is 17.5 Å². The lowest BCUT2D eigenvalue weighted by atomic mass is 10.1. The Labute approximate surface area is 186 Å². The number of thiophene rings is 1. The fourth-order valence-corrected chi connectivity index (χ4v) is 4.31. The monoisotopic (exact) mass is 512 g/mol. The molecule has 2 aromatic heterocycles. The molecule has 3 aromatic rings. The Kier molecular flexibility index (Phi) is 9.23. The van der Waals surface area contributed by atoms with Crippen LogP contribution in [0.25, 0.3) is 10.6 Å². The number of nitrogens with zero attached hydrogens (tertiary/aromatic N) is 2. The summed E-state index contributed by atoms with van der Waals surface area (Å²) in [5.74, 6) is 1.37. The summed E-state index contributed by atoms with van der Waals surface area (Å²) in [5, 5.41) is 12.0. The van der Waals surface area contributed by atoms with Crippen molar-refractivity contribution in [3.05, 3.63) is 63.8 Å². The summed E-state index contributed by atoms with van der Waals surface area (Å²) in [6, 6.07) is 14.6. The van der Waals surface area contributed by atoms with Gasteiger partial charge in [-0.1, -0.05) is 43.3 Å². The van der Waals surface area contributed by atoms with Gasteiger partial charge in [-0.25, -0.2) is 4.98 Å². The maximum Gasteiger partial charge on any atom is 0.191 e.